The minimum Gasteiger partial charge on any atom is -0.403 e. The summed E-state index contributed by atoms with van der Waals surface area (Å²) in [6.07, 6.45) is 3.78. The summed E-state index contributed by atoms with van der Waals surface area (Å²) in [5.41, 5.74) is 0.370. The maximum Gasteiger partial charge on any atom is 0.413 e. The molecule has 5 nitrogen and oxygen atoms in total. The van der Waals surface area contributed by atoms with Gasteiger partial charge in [0.25, 0.3) is 5.95 Å². The number of hydrogen-bond donors (Lipinski definition) is 1. The second-order valence-corrected chi connectivity index (χ2v) is 6.16. The Hall–Kier alpha value is -1.59. The highest BCUT2D eigenvalue weighted by Gasteiger charge is 2.29. The zero-order valence-corrected chi connectivity index (χ0v) is 13.1. The number of nitrogens with one attached hydrogen (secondary N) is 1. The highest BCUT2D eigenvalue weighted by atomic mass is 19.1. The second-order valence-electron chi connectivity index (χ2n) is 6.16. The molecule has 1 aromatic heterocycles. The van der Waals surface area contributed by atoms with E-state index >= 15 is 0 Å². The van der Waals surface area contributed by atoms with E-state index in [9.17, 15) is 9.18 Å². The topological polar surface area (TPSA) is 56.2 Å². The first-order valence-corrected chi connectivity index (χ1v) is 7.57. The van der Waals surface area contributed by atoms with E-state index in [0.717, 1.165) is 23.9 Å². The van der Waals surface area contributed by atoms with Crippen LogP contribution >= 0.6 is 0 Å². The van der Waals surface area contributed by atoms with Gasteiger partial charge in [0.1, 0.15) is 5.69 Å². The van der Waals surface area contributed by atoms with Crippen LogP contribution in [0.3, 0.4) is 0 Å². The molecular formula is C15H24FN3O2. The third kappa shape index (κ3) is 3.54. The van der Waals surface area contributed by atoms with Crippen LogP contribution < -0.4 is 10.1 Å². The molecule has 0 radical (unpaired) electrons. The fourth-order valence-electron chi connectivity index (χ4n) is 3.14. The molecule has 2 rings (SSSR count). The number of rotatable bonds is 3. The van der Waals surface area contributed by atoms with Crippen LogP contribution in [-0.4, -0.2) is 21.9 Å². The van der Waals surface area contributed by atoms with Gasteiger partial charge < -0.3 is 10.1 Å². The molecule has 1 aliphatic rings. The van der Waals surface area contributed by atoms with Gasteiger partial charge in [-0.3, -0.25) is 0 Å². The summed E-state index contributed by atoms with van der Waals surface area (Å²) in [5.74, 6) is 0.234. The SMILES string of the molecule is Cc1nn(C)c(F)c1OC(=O)NC1CCCCC1C(C)C. The van der Waals surface area contributed by atoms with Crippen LogP contribution in [0.1, 0.15) is 45.2 Å². The van der Waals surface area contributed by atoms with Crippen LogP contribution in [0.2, 0.25) is 0 Å². The average molecular weight is 297 g/mol. The third-order valence-electron chi connectivity index (χ3n) is 4.27. The third-order valence-corrected chi connectivity index (χ3v) is 4.27. The maximum absolute atomic E-state index is 13.8. The van der Waals surface area contributed by atoms with Gasteiger partial charge in [0.15, 0.2) is 0 Å². The van der Waals surface area contributed by atoms with E-state index in [0.29, 0.717) is 17.5 Å². The van der Waals surface area contributed by atoms with E-state index in [2.05, 4.69) is 24.3 Å². The van der Waals surface area contributed by atoms with Crippen molar-refractivity contribution < 1.29 is 13.9 Å². The number of amides is 1. The van der Waals surface area contributed by atoms with Crippen molar-refractivity contribution >= 4 is 6.09 Å². The van der Waals surface area contributed by atoms with Crippen molar-refractivity contribution in [3.8, 4) is 5.75 Å². The standard InChI is InChI=1S/C15H24FN3O2/c1-9(2)11-7-5-6-8-12(11)17-15(20)21-13-10(3)18-19(4)14(13)16/h9,11-12H,5-8H2,1-4H3,(H,17,20). The molecular weight excluding hydrogens is 273 g/mol. The Balaban J connectivity index is 2.00. The predicted molar refractivity (Wildman–Crippen MR) is 77.6 cm³/mol. The quantitative estimate of drug-likeness (QED) is 0.932. The van der Waals surface area contributed by atoms with Crippen molar-refractivity contribution in [1.82, 2.24) is 15.1 Å². The fourth-order valence-corrected chi connectivity index (χ4v) is 3.14. The number of aryl methyl sites for hydroxylation is 2. The second kappa shape index (κ2) is 6.45. The molecule has 1 amide bonds. The van der Waals surface area contributed by atoms with E-state index in [-0.39, 0.29) is 11.8 Å². The Morgan fingerprint density at radius 1 is 1.43 bits per heavy atom. The summed E-state index contributed by atoms with van der Waals surface area (Å²) >= 11 is 0. The summed E-state index contributed by atoms with van der Waals surface area (Å²) in [5, 5.41) is 6.79. The van der Waals surface area contributed by atoms with Crippen LogP contribution in [0.25, 0.3) is 0 Å². The van der Waals surface area contributed by atoms with Crippen molar-refractivity contribution in [2.45, 2.75) is 52.5 Å². The normalized spacial score (nSPS) is 22.4. The van der Waals surface area contributed by atoms with E-state index in [1.807, 2.05) is 0 Å². The molecule has 0 spiro atoms. The summed E-state index contributed by atoms with van der Waals surface area (Å²) in [6.45, 7) is 5.95. The number of carbonyl (C=O) groups excluding carboxylic acids is 1. The lowest BCUT2D eigenvalue weighted by Crippen LogP contribution is -2.45. The Bertz CT molecular complexity index is 513. The fraction of sp³-hybridized carbons (Fsp3) is 0.733. The highest BCUT2D eigenvalue weighted by molar-refractivity contribution is 5.71. The molecule has 1 aromatic rings. The number of aromatic nitrogens is 2. The van der Waals surface area contributed by atoms with Gasteiger partial charge in [0.2, 0.25) is 5.75 Å². The van der Waals surface area contributed by atoms with Gasteiger partial charge in [0, 0.05) is 13.1 Å². The lowest BCUT2D eigenvalue weighted by atomic mass is 9.78. The zero-order valence-electron chi connectivity index (χ0n) is 13.1. The molecule has 1 heterocycles. The first kappa shape index (κ1) is 15.8. The molecule has 2 unspecified atom stereocenters. The summed E-state index contributed by atoms with van der Waals surface area (Å²) in [4.78, 5) is 12.0. The maximum atomic E-state index is 13.8. The first-order chi connectivity index (χ1) is 9.90. The number of hydrogen-bond acceptors (Lipinski definition) is 3. The Morgan fingerprint density at radius 3 is 2.67 bits per heavy atom. The number of ether oxygens (including phenoxy) is 1. The van der Waals surface area contributed by atoms with Gasteiger partial charge in [0.05, 0.1) is 0 Å². The van der Waals surface area contributed by atoms with Gasteiger partial charge >= 0.3 is 6.09 Å². The van der Waals surface area contributed by atoms with Crippen LogP contribution in [0.4, 0.5) is 9.18 Å². The van der Waals surface area contributed by atoms with E-state index < -0.39 is 12.0 Å². The van der Waals surface area contributed by atoms with Crippen molar-refractivity contribution in [2.24, 2.45) is 18.9 Å². The molecule has 21 heavy (non-hydrogen) atoms. The van der Waals surface area contributed by atoms with Crippen LogP contribution in [0.5, 0.6) is 5.75 Å². The summed E-state index contributed by atoms with van der Waals surface area (Å²) < 4.78 is 19.9. The summed E-state index contributed by atoms with van der Waals surface area (Å²) in [7, 11) is 1.48. The van der Waals surface area contributed by atoms with Crippen molar-refractivity contribution in [1.29, 1.82) is 0 Å². The van der Waals surface area contributed by atoms with Gasteiger partial charge in [-0.1, -0.05) is 26.7 Å². The lowest BCUT2D eigenvalue weighted by molar-refractivity contribution is 0.165. The average Bonchev–Trinajstić information content (AvgIpc) is 2.66. The largest absolute Gasteiger partial charge is 0.413 e. The molecule has 6 heteroatoms. The molecule has 0 aromatic carbocycles. The predicted octanol–water partition coefficient (Wildman–Crippen LogP) is 3.17. The smallest absolute Gasteiger partial charge is 0.403 e. The Labute approximate surface area is 124 Å². The van der Waals surface area contributed by atoms with Crippen molar-refractivity contribution in [2.75, 3.05) is 0 Å². The van der Waals surface area contributed by atoms with Gasteiger partial charge in [-0.2, -0.15) is 9.49 Å². The first-order valence-electron chi connectivity index (χ1n) is 7.57. The van der Waals surface area contributed by atoms with Crippen LogP contribution in [0, 0.1) is 24.7 Å². The molecule has 1 saturated carbocycles. The monoisotopic (exact) mass is 297 g/mol. The van der Waals surface area contributed by atoms with Gasteiger partial charge in [-0.25, -0.2) is 9.48 Å². The van der Waals surface area contributed by atoms with Crippen molar-refractivity contribution in [3.05, 3.63) is 11.6 Å². The molecule has 2 atom stereocenters. The number of halogens is 1. The molecule has 1 aliphatic carbocycles. The molecule has 1 N–H and O–H groups in total. The van der Waals surface area contributed by atoms with E-state index in [1.54, 1.807) is 6.92 Å². The van der Waals surface area contributed by atoms with Crippen molar-refractivity contribution in [3.63, 3.8) is 0 Å². The molecule has 0 saturated heterocycles. The minimum absolute atomic E-state index is 0.0908. The molecule has 0 aliphatic heterocycles. The van der Waals surface area contributed by atoms with Gasteiger partial charge in [-0.15, -0.1) is 0 Å². The zero-order chi connectivity index (χ0) is 15.6. The van der Waals surface area contributed by atoms with E-state index in [1.165, 1.54) is 13.5 Å². The van der Waals surface area contributed by atoms with Crippen LogP contribution in [-0.2, 0) is 7.05 Å². The molecule has 118 valence electrons. The molecule has 1 fully saturated rings. The Morgan fingerprint density at radius 2 is 2.10 bits per heavy atom. The minimum atomic E-state index is -0.633. The van der Waals surface area contributed by atoms with Crippen LogP contribution in [0.15, 0.2) is 0 Å². The Kier molecular flexibility index (Phi) is 4.85. The van der Waals surface area contributed by atoms with Gasteiger partial charge in [-0.05, 0) is 31.6 Å². The molecule has 0 bridgehead atoms. The highest BCUT2D eigenvalue weighted by Crippen LogP contribution is 2.30. The number of carbonyl (C=O) groups is 1. The summed E-state index contributed by atoms with van der Waals surface area (Å²) in [6, 6.07) is 0.103. The number of nitrogens with zero attached hydrogens (tertiary/aromatic N) is 2. The van der Waals surface area contributed by atoms with E-state index in [4.69, 9.17) is 4.74 Å². The lowest BCUT2D eigenvalue weighted by Gasteiger charge is -2.34.